The molecule has 0 aromatic heterocycles. The van der Waals surface area contributed by atoms with Crippen LogP contribution in [0.3, 0.4) is 0 Å². The molecule has 0 spiro atoms. The third kappa shape index (κ3) is 3.32. The number of carbonyl (C=O) groups is 1. The van der Waals surface area contributed by atoms with Crippen molar-refractivity contribution in [2.75, 3.05) is 0 Å². The van der Waals surface area contributed by atoms with E-state index in [-0.39, 0.29) is 10.5 Å². The zero-order valence-corrected chi connectivity index (χ0v) is 10.8. The molecule has 1 aromatic rings. The van der Waals surface area contributed by atoms with Crippen LogP contribution in [0.25, 0.3) is 0 Å². The maximum Gasteiger partial charge on any atom is 0.335 e. The topological polar surface area (TPSA) is 83.5 Å². The van der Waals surface area contributed by atoms with Crippen LogP contribution in [0.15, 0.2) is 29.2 Å². The van der Waals surface area contributed by atoms with Gasteiger partial charge in [0.15, 0.2) is 0 Å². The van der Waals surface area contributed by atoms with Crippen molar-refractivity contribution in [2.24, 2.45) is 0 Å². The average Bonchev–Trinajstić information content (AvgIpc) is 2.28. The predicted molar refractivity (Wildman–Crippen MR) is 66.6 cm³/mol. The van der Waals surface area contributed by atoms with Crippen LogP contribution < -0.4 is 4.72 Å². The van der Waals surface area contributed by atoms with Crippen LogP contribution in [-0.4, -0.2) is 25.0 Å². The van der Waals surface area contributed by atoms with Crippen molar-refractivity contribution in [1.82, 2.24) is 4.72 Å². The molecule has 0 bridgehead atoms. The highest BCUT2D eigenvalue weighted by Gasteiger charge is 2.24. The summed E-state index contributed by atoms with van der Waals surface area (Å²) in [6, 6.07) is 4.89. The summed E-state index contributed by atoms with van der Waals surface area (Å²) < 4.78 is 26.2. The average molecular weight is 267 g/mol. The molecule has 0 unspecified atom stereocenters. The molecule has 1 aromatic carbocycles. The fourth-order valence-electron chi connectivity index (χ4n) is 1.20. The highest BCUT2D eigenvalue weighted by Crippen LogP contribution is 2.13. The minimum atomic E-state index is -3.76. The molecule has 0 aliphatic carbocycles. The van der Waals surface area contributed by atoms with Gasteiger partial charge in [0.2, 0.25) is 10.0 Å². The molecule has 5 nitrogen and oxygen atoms in total. The molecule has 2 N–H and O–H groups in total. The van der Waals surface area contributed by atoms with Crippen LogP contribution in [0.5, 0.6) is 0 Å². The molecule has 0 heterocycles. The third-order valence-corrected chi connectivity index (χ3v) is 3.83. The van der Waals surface area contributed by atoms with Crippen LogP contribution >= 0.6 is 0 Å². The van der Waals surface area contributed by atoms with Gasteiger partial charge in [-0.3, -0.25) is 0 Å². The van der Waals surface area contributed by atoms with Gasteiger partial charge in [-0.1, -0.05) is 5.92 Å². The second kappa shape index (κ2) is 4.80. The summed E-state index contributed by atoms with van der Waals surface area (Å²) in [6.07, 6.45) is 5.20. The number of aromatic carboxylic acids is 1. The lowest BCUT2D eigenvalue weighted by Gasteiger charge is -2.19. The Morgan fingerprint density at radius 3 is 2.22 bits per heavy atom. The zero-order valence-electron chi connectivity index (χ0n) is 9.97. The summed E-state index contributed by atoms with van der Waals surface area (Å²) in [5.41, 5.74) is -0.991. The maximum atomic E-state index is 11.9. The lowest BCUT2D eigenvalue weighted by Crippen LogP contribution is -2.41. The molecule has 0 aliphatic rings. The second-order valence-corrected chi connectivity index (χ2v) is 5.89. The highest BCUT2D eigenvalue weighted by molar-refractivity contribution is 7.89. The molecule has 0 saturated carbocycles. The summed E-state index contributed by atoms with van der Waals surface area (Å²) in [6.45, 7) is 3.10. The Morgan fingerprint density at radius 1 is 1.33 bits per heavy atom. The Bertz CT molecular complexity index is 594. The lowest BCUT2D eigenvalue weighted by atomic mass is 10.1. The Kier molecular flexibility index (Phi) is 3.79. The number of benzene rings is 1. The number of sulfonamides is 1. The Hall–Kier alpha value is -1.84. The van der Waals surface area contributed by atoms with Gasteiger partial charge in [0, 0.05) is 0 Å². The minimum absolute atomic E-state index is 0.0187. The van der Waals surface area contributed by atoms with Gasteiger partial charge >= 0.3 is 5.97 Å². The van der Waals surface area contributed by atoms with E-state index in [1.807, 2.05) is 0 Å². The van der Waals surface area contributed by atoms with Crippen LogP contribution in [0, 0.1) is 12.3 Å². The number of hydrogen-bond acceptors (Lipinski definition) is 3. The predicted octanol–water partition coefficient (Wildman–Crippen LogP) is 1.07. The quantitative estimate of drug-likeness (QED) is 0.799. The standard InChI is InChI=1S/C12H13NO4S/c1-4-12(2,3)13-18(16,17)10-7-5-9(6-8-10)11(14)15/h1,5-8,13H,2-3H3,(H,14,15). The number of rotatable bonds is 4. The van der Waals surface area contributed by atoms with E-state index in [2.05, 4.69) is 10.6 Å². The first-order chi connectivity index (χ1) is 8.18. The number of carboxylic acids is 1. The molecular weight excluding hydrogens is 254 g/mol. The van der Waals surface area contributed by atoms with Crippen molar-refractivity contribution in [3.05, 3.63) is 29.8 Å². The van der Waals surface area contributed by atoms with Crippen molar-refractivity contribution in [1.29, 1.82) is 0 Å². The molecule has 0 radical (unpaired) electrons. The first kappa shape index (κ1) is 14.2. The number of carboxylic acid groups (broad SMARTS) is 1. The Balaban J connectivity index is 3.08. The van der Waals surface area contributed by atoms with Crippen LogP contribution in [0.4, 0.5) is 0 Å². The number of nitrogens with one attached hydrogen (secondary N) is 1. The zero-order chi connectivity index (χ0) is 14.0. The molecule has 18 heavy (non-hydrogen) atoms. The minimum Gasteiger partial charge on any atom is -0.478 e. The van der Waals surface area contributed by atoms with E-state index in [0.717, 1.165) is 0 Å². The molecule has 1 rings (SSSR count). The maximum absolute atomic E-state index is 11.9. The molecule has 0 fully saturated rings. The van der Waals surface area contributed by atoms with Gasteiger partial charge in [0.1, 0.15) is 0 Å². The summed E-state index contributed by atoms with van der Waals surface area (Å²) in [5.74, 6) is 1.20. The van der Waals surface area contributed by atoms with E-state index in [9.17, 15) is 13.2 Å². The molecule has 6 heteroatoms. The van der Waals surface area contributed by atoms with Gasteiger partial charge in [-0.25, -0.2) is 13.2 Å². The van der Waals surface area contributed by atoms with Crippen LogP contribution in [-0.2, 0) is 10.0 Å². The van der Waals surface area contributed by atoms with Crippen LogP contribution in [0.1, 0.15) is 24.2 Å². The van der Waals surface area contributed by atoms with Crippen molar-refractivity contribution >= 4 is 16.0 Å². The van der Waals surface area contributed by atoms with Crippen LogP contribution in [0.2, 0.25) is 0 Å². The Morgan fingerprint density at radius 2 is 1.83 bits per heavy atom. The smallest absolute Gasteiger partial charge is 0.335 e. The normalized spacial score (nSPS) is 11.8. The van der Waals surface area contributed by atoms with E-state index in [0.29, 0.717) is 0 Å². The summed E-state index contributed by atoms with van der Waals surface area (Å²) in [4.78, 5) is 10.6. The van der Waals surface area contributed by atoms with E-state index in [4.69, 9.17) is 11.5 Å². The Labute approximate surface area is 106 Å². The van der Waals surface area contributed by atoms with Crippen molar-refractivity contribution in [2.45, 2.75) is 24.3 Å². The van der Waals surface area contributed by atoms with E-state index >= 15 is 0 Å². The molecule has 0 atom stereocenters. The first-order valence-corrected chi connectivity index (χ1v) is 6.51. The molecule has 0 aliphatic heterocycles. The van der Waals surface area contributed by atoms with Gasteiger partial charge in [-0.2, -0.15) is 4.72 Å². The van der Waals surface area contributed by atoms with Gasteiger partial charge in [-0.15, -0.1) is 6.42 Å². The van der Waals surface area contributed by atoms with E-state index in [1.54, 1.807) is 13.8 Å². The molecule has 0 saturated heterocycles. The van der Waals surface area contributed by atoms with Gasteiger partial charge in [0.05, 0.1) is 16.0 Å². The fourth-order valence-corrected chi connectivity index (χ4v) is 2.54. The van der Waals surface area contributed by atoms with Crippen molar-refractivity contribution in [3.8, 4) is 12.3 Å². The largest absolute Gasteiger partial charge is 0.478 e. The fraction of sp³-hybridized carbons (Fsp3) is 0.250. The van der Waals surface area contributed by atoms with Gasteiger partial charge < -0.3 is 5.11 Å². The monoisotopic (exact) mass is 267 g/mol. The molecule has 0 amide bonds. The lowest BCUT2D eigenvalue weighted by molar-refractivity contribution is 0.0696. The number of terminal acetylenes is 1. The third-order valence-electron chi connectivity index (χ3n) is 2.16. The molecular formula is C12H13NO4S. The van der Waals surface area contributed by atoms with E-state index in [1.165, 1.54) is 24.3 Å². The summed E-state index contributed by atoms with van der Waals surface area (Å²) >= 11 is 0. The van der Waals surface area contributed by atoms with Gasteiger partial charge in [-0.05, 0) is 38.1 Å². The van der Waals surface area contributed by atoms with Gasteiger partial charge in [0.25, 0.3) is 0 Å². The molecule has 96 valence electrons. The SMILES string of the molecule is C#CC(C)(C)NS(=O)(=O)c1ccc(C(=O)O)cc1. The highest BCUT2D eigenvalue weighted by atomic mass is 32.2. The first-order valence-electron chi connectivity index (χ1n) is 5.03. The van der Waals surface area contributed by atoms with E-state index < -0.39 is 21.5 Å². The summed E-state index contributed by atoms with van der Waals surface area (Å²) in [7, 11) is -3.76. The van der Waals surface area contributed by atoms with Crippen molar-refractivity contribution < 1.29 is 18.3 Å². The second-order valence-electron chi connectivity index (χ2n) is 4.20. The summed E-state index contributed by atoms with van der Waals surface area (Å²) in [5, 5.41) is 8.71. The van der Waals surface area contributed by atoms with Crippen molar-refractivity contribution in [3.63, 3.8) is 0 Å². The number of hydrogen-bond donors (Lipinski definition) is 2.